The van der Waals surface area contributed by atoms with Gasteiger partial charge < -0.3 is 9.47 Å². The maximum absolute atomic E-state index is 11.4. The van der Waals surface area contributed by atoms with Crippen LogP contribution in [0.2, 0.25) is 5.02 Å². The molecule has 0 atom stereocenters. The number of hydrogen-bond acceptors (Lipinski definition) is 3. The molecule has 0 unspecified atom stereocenters. The topological polar surface area (TPSA) is 35.5 Å². The lowest BCUT2D eigenvalue weighted by atomic mass is 10.1. The Morgan fingerprint density at radius 2 is 2.00 bits per heavy atom. The van der Waals surface area contributed by atoms with Gasteiger partial charge in [-0.15, -0.1) is 0 Å². The standard InChI is InChI=1S/C13H17ClO3/c1-4-16-12-6-9(3)11(14)7-10(12)8-13(15)17-5-2/h6-7H,4-5,8H2,1-3H3. The molecule has 0 spiro atoms. The molecule has 0 aliphatic carbocycles. The van der Waals surface area contributed by atoms with Crippen molar-refractivity contribution in [1.82, 2.24) is 0 Å². The minimum Gasteiger partial charge on any atom is -0.494 e. The van der Waals surface area contributed by atoms with Crippen molar-refractivity contribution in [1.29, 1.82) is 0 Å². The van der Waals surface area contributed by atoms with Crippen molar-refractivity contribution in [2.75, 3.05) is 13.2 Å². The molecule has 0 aliphatic heterocycles. The average Bonchev–Trinajstić information content (AvgIpc) is 2.26. The first-order chi connectivity index (χ1) is 8.08. The third-order valence-electron chi connectivity index (χ3n) is 2.28. The quantitative estimate of drug-likeness (QED) is 0.759. The Hall–Kier alpha value is -1.22. The van der Waals surface area contributed by atoms with Gasteiger partial charge in [-0.25, -0.2) is 0 Å². The number of aryl methyl sites for hydroxylation is 1. The highest BCUT2D eigenvalue weighted by molar-refractivity contribution is 6.31. The number of carbonyl (C=O) groups excluding carboxylic acids is 1. The van der Waals surface area contributed by atoms with E-state index in [-0.39, 0.29) is 12.4 Å². The minimum absolute atomic E-state index is 0.184. The smallest absolute Gasteiger partial charge is 0.310 e. The summed E-state index contributed by atoms with van der Waals surface area (Å²) >= 11 is 6.04. The van der Waals surface area contributed by atoms with E-state index in [2.05, 4.69) is 0 Å². The fourth-order valence-corrected chi connectivity index (χ4v) is 1.68. The van der Waals surface area contributed by atoms with E-state index in [1.54, 1.807) is 13.0 Å². The van der Waals surface area contributed by atoms with Gasteiger partial charge in [0.2, 0.25) is 0 Å². The first-order valence-electron chi connectivity index (χ1n) is 5.65. The summed E-state index contributed by atoms with van der Waals surface area (Å²) in [5, 5.41) is 0.632. The summed E-state index contributed by atoms with van der Waals surface area (Å²) in [7, 11) is 0. The first-order valence-corrected chi connectivity index (χ1v) is 6.03. The van der Waals surface area contributed by atoms with Gasteiger partial charge in [0.1, 0.15) is 5.75 Å². The zero-order chi connectivity index (χ0) is 12.8. The fourth-order valence-electron chi connectivity index (χ4n) is 1.49. The van der Waals surface area contributed by atoms with Crippen LogP contribution in [0.4, 0.5) is 0 Å². The molecule has 0 bridgehead atoms. The van der Waals surface area contributed by atoms with Gasteiger partial charge in [0.15, 0.2) is 0 Å². The van der Waals surface area contributed by atoms with Gasteiger partial charge in [0.05, 0.1) is 19.6 Å². The Balaban J connectivity index is 2.95. The molecule has 4 heteroatoms. The third kappa shape index (κ3) is 3.93. The number of benzene rings is 1. The molecule has 1 aromatic rings. The highest BCUT2D eigenvalue weighted by atomic mass is 35.5. The summed E-state index contributed by atoms with van der Waals surface area (Å²) < 4.78 is 10.4. The molecule has 0 fully saturated rings. The maximum Gasteiger partial charge on any atom is 0.310 e. The number of rotatable bonds is 5. The molecular weight excluding hydrogens is 240 g/mol. The summed E-state index contributed by atoms with van der Waals surface area (Å²) in [5.74, 6) is 0.427. The zero-order valence-corrected chi connectivity index (χ0v) is 11.1. The molecule has 0 N–H and O–H groups in total. The number of esters is 1. The SMILES string of the molecule is CCOC(=O)Cc1cc(Cl)c(C)cc1OCC. The van der Waals surface area contributed by atoms with Crippen molar-refractivity contribution >= 4 is 17.6 Å². The highest BCUT2D eigenvalue weighted by Gasteiger charge is 2.12. The molecule has 0 saturated heterocycles. The molecule has 0 aromatic heterocycles. The van der Waals surface area contributed by atoms with Crippen LogP contribution in [-0.4, -0.2) is 19.2 Å². The average molecular weight is 257 g/mol. The molecule has 0 amide bonds. The van der Waals surface area contributed by atoms with E-state index in [1.807, 2.05) is 19.9 Å². The molecule has 0 saturated carbocycles. The summed E-state index contributed by atoms with van der Waals surface area (Å²) in [4.78, 5) is 11.4. The van der Waals surface area contributed by atoms with E-state index in [0.29, 0.717) is 24.0 Å². The molecule has 3 nitrogen and oxygen atoms in total. The van der Waals surface area contributed by atoms with E-state index >= 15 is 0 Å². The molecule has 0 radical (unpaired) electrons. The second-order valence-corrected chi connectivity index (χ2v) is 4.03. The maximum atomic E-state index is 11.4. The van der Waals surface area contributed by atoms with Gasteiger partial charge in [-0.05, 0) is 38.5 Å². The lowest BCUT2D eigenvalue weighted by Gasteiger charge is -2.12. The lowest BCUT2D eigenvalue weighted by Crippen LogP contribution is -2.09. The molecular formula is C13H17ClO3. The largest absolute Gasteiger partial charge is 0.494 e. The Labute approximate surface area is 107 Å². The summed E-state index contributed by atoms with van der Waals surface area (Å²) in [6.45, 7) is 6.51. The van der Waals surface area contributed by atoms with Crippen LogP contribution >= 0.6 is 11.6 Å². The van der Waals surface area contributed by atoms with E-state index in [1.165, 1.54) is 0 Å². The molecule has 94 valence electrons. The van der Waals surface area contributed by atoms with E-state index in [4.69, 9.17) is 21.1 Å². The zero-order valence-electron chi connectivity index (χ0n) is 10.4. The molecule has 1 rings (SSSR count). The van der Waals surface area contributed by atoms with Crippen LogP contribution in [0.5, 0.6) is 5.75 Å². The van der Waals surface area contributed by atoms with E-state index < -0.39 is 0 Å². The number of hydrogen-bond donors (Lipinski definition) is 0. The third-order valence-corrected chi connectivity index (χ3v) is 2.69. The van der Waals surface area contributed by atoms with Crippen LogP contribution in [0.15, 0.2) is 12.1 Å². The van der Waals surface area contributed by atoms with Crippen LogP contribution < -0.4 is 4.74 Å². The minimum atomic E-state index is -0.270. The normalized spacial score (nSPS) is 10.1. The Morgan fingerprint density at radius 3 is 2.59 bits per heavy atom. The first kappa shape index (κ1) is 13.8. The monoisotopic (exact) mass is 256 g/mol. The second-order valence-electron chi connectivity index (χ2n) is 3.62. The van der Waals surface area contributed by atoms with E-state index in [0.717, 1.165) is 11.1 Å². The number of carbonyl (C=O) groups is 1. The lowest BCUT2D eigenvalue weighted by molar-refractivity contribution is -0.142. The van der Waals surface area contributed by atoms with Crippen molar-refractivity contribution < 1.29 is 14.3 Å². The van der Waals surface area contributed by atoms with Gasteiger partial charge >= 0.3 is 5.97 Å². The molecule has 0 heterocycles. The van der Waals surface area contributed by atoms with Gasteiger partial charge in [0.25, 0.3) is 0 Å². The van der Waals surface area contributed by atoms with Gasteiger partial charge in [0, 0.05) is 10.6 Å². The molecule has 1 aromatic carbocycles. The summed E-state index contributed by atoms with van der Waals surface area (Å²) in [6, 6.07) is 3.61. The predicted molar refractivity (Wildman–Crippen MR) is 67.7 cm³/mol. The summed E-state index contributed by atoms with van der Waals surface area (Å²) in [5.41, 5.74) is 1.70. The van der Waals surface area contributed by atoms with Crippen molar-refractivity contribution in [2.45, 2.75) is 27.2 Å². The Morgan fingerprint density at radius 1 is 1.29 bits per heavy atom. The van der Waals surface area contributed by atoms with Crippen LogP contribution in [0.1, 0.15) is 25.0 Å². The number of halogens is 1. The van der Waals surface area contributed by atoms with Gasteiger partial charge in [-0.1, -0.05) is 11.6 Å². The highest BCUT2D eigenvalue weighted by Crippen LogP contribution is 2.27. The van der Waals surface area contributed by atoms with Crippen molar-refractivity contribution in [2.24, 2.45) is 0 Å². The van der Waals surface area contributed by atoms with Crippen LogP contribution in [0, 0.1) is 6.92 Å². The Kier molecular flexibility index (Phi) is 5.29. The van der Waals surface area contributed by atoms with Crippen molar-refractivity contribution in [3.8, 4) is 5.75 Å². The van der Waals surface area contributed by atoms with Gasteiger partial charge in [-0.2, -0.15) is 0 Å². The molecule has 17 heavy (non-hydrogen) atoms. The predicted octanol–water partition coefficient (Wildman–Crippen LogP) is 3.15. The van der Waals surface area contributed by atoms with Gasteiger partial charge in [-0.3, -0.25) is 4.79 Å². The van der Waals surface area contributed by atoms with Crippen LogP contribution in [0.25, 0.3) is 0 Å². The van der Waals surface area contributed by atoms with Crippen molar-refractivity contribution in [3.05, 3.63) is 28.3 Å². The second kappa shape index (κ2) is 6.50. The van der Waals surface area contributed by atoms with Crippen molar-refractivity contribution in [3.63, 3.8) is 0 Å². The van der Waals surface area contributed by atoms with Crippen LogP contribution in [0.3, 0.4) is 0 Å². The molecule has 0 aliphatic rings. The Bertz CT molecular complexity index is 402. The fraction of sp³-hybridized carbons (Fsp3) is 0.462. The van der Waals surface area contributed by atoms with Crippen LogP contribution in [-0.2, 0) is 16.0 Å². The van der Waals surface area contributed by atoms with E-state index in [9.17, 15) is 4.79 Å². The summed E-state index contributed by atoms with van der Waals surface area (Å²) in [6.07, 6.45) is 0.184. The number of ether oxygens (including phenoxy) is 2.